The van der Waals surface area contributed by atoms with Gasteiger partial charge in [-0.3, -0.25) is 4.79 Å². The second-order valence-electron chi connectivity index (χ2n) is 8.03. The van der Waals surface area contributed by atoms with Crippen LogP contribution in [-0.2, 0) is 14.3 Å². The van der Waals surface area contributed by atoms with Crippen LogP contribution in [0.4, 0.5) is 0 Å². The fraction of sp³-hybridized carbons (Fsp3) is 0.652. The van der Waals surface area contributed by atoms with E-state index in [1.54, 1.807) is 12.1 Å². The van der Waals surface area contributed by atoms with Gasteiger partial charge >= 0.3 is 11.9 Å². The molecule has 0 N–H and O–H groups in total. The van der Waals surface area contributed by atoms with Gasteiger partial charge in [0.1, 0.15) is 11.4 Å². The Labute approximate surface area is 169 Å². The van der Waals surface area contributed by atoms with Crippen LogP contribution in [0, 0.1) is 0 Å². The van der Waals surface area contributed by atoms with Crippen LogP contribution in [-0.4, -0.2) is 31.3 Å². The van der Waals surface area contributed by atoms with Crippen molar-refractivity contribution in [2.24, 2.45) is 0 Å². The third-order valence-corrected chi connectivity index (χ3v) is 4.26. The molecule has 0 unspecified atom stereocenters. The first kappa shape index (κ1) is 24.0. The molecule has 0 aliphatic rings. The standard InChI is InChI=1S/C23H36O5/c1-23(2,3)28-22(25)19-14-16-20(17-15-19)27-18-12-10-8-6-5-7-9-11-13-21(24)26-4/h14-17H,5-13,18H2,1-4H3. The Bertz CT molecular complexity index is 572. The van der Waals surface area contributed by atoms with Gasteiger partial charge in [-0.25, -0.2) is 4.79 Å². The summed E-state index contributed by atoms with van der Waals surface area (Å²) in [5.41, 5.74) is 0.0452. The van der Waals surface area contributed by atoms with E-state index in [-0.39, 0.29) is 11.9 Å². The molecule has 0 atom stereocenters. The Balaban J connectivity index is 2.04. The normalized spacial score (nSPS) is 11.1. The average molecular weight is 393 g/mol. The fourth-order valence-electron chi connectivity index (χ4n) is 2.75. The van der Waals surface area contributed by atoms with Gasteiger partial charge in [0.2, 0.25) is 0 Å². The van der Waals surface area contributed by atoms with Gasteiger partial charge in [-0.05, 0) is 57.9 Å². The van der Waals surface area contributed by atoms with Crippen molar-refractivity contribution in [2.45, 2.75) is 84.2 Å². The molecule has 0 heterocycles. The monoisotopic (exact) mass is 392 g/mol. The van der Waals surface area contributed by atoms with Crippen LogP contribution >= 0.6 is 0 Å². The number of hydrogen-bond donors (Lipinski definition) is 0. The van der Waals surface area contributed by atoms with Gasteiger partial charge in [0, 0.05) is 6.42 Å². The Morgan fingerprint density at radius 1 is 0.821 bits per heavy atom. The van der Waals surface area contributed by atoms with Crippen molar-refractivity contribution in [3.63, 3.8) is 0 Å². The van der Waals surface area contributed by atoms with Crippen LogP contribution in [0.3, 0.4) is 0 Å². The van der Waals surface area contributed by atoms with Crippen molar-refractivity contribution in [3.05, 3.63) is 29.8 Å². The van der Waals surface area contributed by atoms with Crippen LogP contribution in [0.15, 0.2) is 24.3 Å². The zero-order valence-corrected chi connectivity index (χ0v) is 17.9. The molecule has 0 saturated carbocycles. The summed E-state index contributed by atoms with van der Waals surface area (Å²) in [5.74, 6) is 0.349. The quantitative estimate of drug-likeness (QED) is 0.318. The summed E-state index contributed by atoms with van der Waals surface area (Å²) in [7, 11) is 1.44. The van der Waals surface area contributed by atoms with E-state index in [1.165, 1.54) is 32.8 Å². The van der Waals surface area contributed by atoms with Gasteiger partial charge in [0.15, 0.2) is 0 Å². The van der Waals surface area contributed by atoms with E-state index in [9.17, 15) is 9.59 Å². The third kappa shape index (κ3) is 11.6. The number of hydrogen-bond acceptors (Lipinski definition) is 5. The van der Waals surface area contributed by atoms with Crippen molar-refractivity contribution >= 4 is 11.9 Å². The van der Waals surface area contributed by atoms with Crippen LogP contribution in [0.2, 0.25) is 0 Å². The van der Waals surface area contributed by atoms with Gasteiger partial charge in [-0.15, -0.1) is 0 Å². The topological polar surface area (TPSA) is 61.8 Å². The summed E-state index contributed by atoms with van der Waals surface area (Å²) in [6.45, 7) is 6.25. The molecule has 158 valence electrons. The highest BCUT2D eigenvalue weighted by atomic mass is 16.6. The van der Waals surface area contributed by atoms with Crippen molar-refractivity contribution in [2.75, 3.05) is 13.7 Å². The Hall–Kier alpha value is -2.04. The highest BCUT2D eigenvalue weighted by molar-refractivity contribution is 5.89. The first-order valence-corrected chi connectivity index (χ1v) is 10.3. The van der Waals surface area contributed by atoms with Gasteiger partial charge in [-0.2, -0.15) is 0 Å². The number of unbranched alkanes of at least 4 members (excludes halogenated alkanes) is 7. The number of rotatable bonds is 13. The van der Waals surface area contributed by atoms with E-state index in [2.05, 4.69) is 4.74 Å². The highest BCUT2D eigenvalue weighted by Gasteiger charge is 2.17. The summed E-state index contributed by atoms with van der Waals surface area (Å²) >= 11 is 0. The van der Waals surface area contributed by atoms with Crippen LogP contribution in [0.25, 0.3) is 0 Å². The number of ether oxygens (including phenoxy) is 3. The number of esters is 2. The maximum Gasteiger partial charge on any atom is 0.338 e. The number of carbonyl (C=O) groups excluding carboxylic acids is 2. The lowest BCUT2D eigenvalue weighted by atomic mass is 10.1. The zero-order chi connectivity index (χ0) is 20.8. The van der Waals surface area contributed by atoms with Crippen LogP contribution in [0.1, 0.15) is 88.9 Å². The zero-order valence-electron chi connectivity index (χ0n) is 17.9. The molecule has 0 bridgehead atoms. The lowest BCUT2D eigenvalue weighted by Gasteiger charge is -2.19. The molecule has 1 rings (SSSR count). The van der Waals surface area contributed by atoms with E-state index in [4.69, 9.17) is 9.47 Å². The molecular formula is C23H36O5. The summed E-state index contributed by atoms with van der Waals surface area (Å²) in [4.78, 5) is 23.0. The predicted octanol–water partition coefficient (Wildman–Crippen LogP) is 5.70. The lowest BCUT2D eigenvalue weighted by molar-refractivity contribution is -0.140. The van der Waals surface area contributed by atoms with Crippen molar-refractivity contribution < 1.29 is 23.8 Å². The summed E-state index contributed by atoms with van der Waals surface area (Å²) in [6, 6.07) is 7.11. The van der Waals surface area contributed by atoms with Gasteiger partial charge in [0.25, 0.3) is 0 Å². The Morgan fingerprint density at radius 3 is 1.89 bits per heavy atom. The average Bonchev–Trinajstić information content (AvgIpc) is 2.65. The van der Waals surface area contributed by atoms with E-state index in [0.29, 0.717) is 18.6 Å². The molecule has 0 aliphatic heterocycles. The highest BCUT2D eigenvalue weighted by Crippen LogP contribution is 2.17. The molecular weight excluding hydrogens is 356 g/mol. The maximum atomic E-state index is 12.0. The van der Waals surface area contributed by atoms with Crippen molar-refractivity contribution in [1.82, 2.24) is 0 Å². The molecule has 0 fully saturated rings. The number of benzene rings is 1. The van der Waals surface area contributed by atoms with Gasteiger partial charge in [0.05, 0.1) is 19.3 Å². The number of methoxy groups -OCH3 is 1. The molecule has 0 saturated heterocycles. The van der Waals surface area contributed by atoms with Gasteiger partial charge in [-0.1, -0.05) is 38.5 Å². The van der Waals surface area contributed by atoms with E-state index in [1.807, 2.05) is 32.9 Å². The molecule has 1 aromatic rings. The second kappa shape index (κ2) is 13.2. The molecule has 5 heteroatoms. The fourth-order valence-corrected chi connectivity index (χ4v) is 2.75. The Kier molecular flexibility index (Phi) is 11.3. The van der Waals surface area contributed by atoms with Crippen molar-refractivity contribution in [3.8, 4) is 5.75 Å². The molecule has 0 radical (unpaired) electrons. The molecule has 5 nitrogen and oxygen atoms in total. The van der Waals surface area contributed by atoms with Crippen molar-refractivity contribution in [1.29, 1.82) is 0 Å². The molecule has 0 spiro atoms. The third-order valence-electron chi connectivity index (χ3n) is 4.26. The lowest BCUT2D eigenvalue weighted by Crippen LogP contribution is -2.23. The summed E-state index contributed by atoms with van der Waals surface area (Å²) < 4.78 is 15.7. The largest absolute Gasteiger partial charge is 0.494 e. The molecule has 0 aromatic heterocycles. The minimum atomic E-state index is -0.491. The van der Waals surface area contributed by atoms with Crippen LogP contribution < -0.4 is 4.74 Å². The maximum absolute atomic E-state index is 12.0. The molecule has 0 aliphatic carbocycles. The van der Waals surface area contributed by atoms with E-state index < -0.39 is 5.60 Å². The summed E-state index contributed by atoms with van der Waals surface area (Å²) in [6.07, 6.45) is 9.55. The van der Waals surface area contributed by atoms with E-state index >= 15 is 0 Å². The minimum absolute atomic E-state index is 0.112. The molecule has 1 aromatic carbocycles. The smallest absolute Gasteiger partial charge is 0.338 e. The van der Waals surface area contributed by atoms with Gasteiger partial charge < -0.3 is 14.2 Å². The minimum Gasteiger partial charge on any atom is -0.494 e. The Morgan fingerprint density at radius 2 is 1.36 bits per heavy atom. The first-order chi connectivity index (χ1) is 13.3. The molecule has 28 heavy (non-hydrogen) atoms. The first-order valence-electron chi connectivity index (χ1n) is 10.3. The number of carbonyl (C=O) groups is 2. The predicted molar refractivity (Wildman–Crippen MR) is 111 cm³/mol. The summed E-state index contributed by atoms with van der Waals surface area (Å²) in [5, 5.41) is 0. The SMILES string of the molecule is COC(=O)CCCCCCCCCCOc1ccc(C(=O)OC(C)(C)C)cc1. The van der Waals surface area contributed by atoms with E-state index in [0.717, 1.165) is 31.4 Å². The van der Waals surface area contributed by atoms with Crippen LogP contribution in [0.5, 0.6) is 5.75 Å². The second-order valence-corrected chi connectivity index (χ2v) is 8.03. The molecule has 0 amide bonds.